The van der Waals surface area contributed by atoms with Crippen LogP contribution in [0.1, 0.15) is 34.3 Å². The number of benzene rings is 4. The molecule has 162 valence electrons. The Labute approximate surface area is 189 Å². The summed E-state index contributed by atoms with van der Waals surface area (Å²) < 4.78 is 11.7. The standard InChI is InChI=1S/C28H28N2O2/c29-27(23-11-15-25(16-12-23)31-19-21-7-3-1-4-8-21)28(30)24-13-17-26(18-14-24)32-20-22-9-5-2-6-10-22/h1-18,27-28H,19-20,29-30H2/t27-,28-/m1/s1. The van der Waals surface area contributed by atoms with Gasteiger partial charge in [0.1, 0.15) is 24.7 Å². The van der Waals surface area contributed by atoms with Gasteiger partial charge in [-0.2, -0.15) is 0 Å². The van der Waals surface area contributed by atoms with Crippen LogP contribution >= 0.6 is 0 Å². The third-order valence-corrected chi connectivity index (χ3v) is 5.41. The van der Waals surface area contributed by atoms with Crippen LogP contribution in [0.25, 0.3) is 0 Å². The summed E-state index contributed by atoms with van der Waals surface area (Å²) in [4.78, 5) is 0. The first-order valence-electron chi connectivity index (χ1n) is 10.7. The lowest BCUT2D eigenvalue weighted by Crippen LogP contribution is -2.26. The first-order valence-corrected chi connectivity index (χ1v) is 10.7. The quantitative estimate of drug-likeness (QED) is 0.370. The lowest BCUT2D eigenvalue weighted by Gasteiger charge is -2.21. The van der Waals surface area contributed by atoms with E-state index in [4.69, 9.17) is 20.9 Å². The number of hydrogen-bond acceptors (Lipinski definition) is 4. The molecule has 2 atom stereocenters. The molecular weight excluding hydrogens is 396 g/mol. The summed E-state index contributed by atoms with van der Waals surface area (Å²) in [5.41, 5.74) is 17.1. The average molecular weight is 425 g/mol. The molecule has 4 heteroatoms. The van der Waals surface area contributed by atoms with Gasteiger partial charge in [-0.3, -0.25) is 0 Å². The predicted molar refractivity (Wildman–Crippen MR) is 128 cm³/mol. The fraction of sp³-hybridized carbons (Fsp3) is 0.143. The minimum Gasteiger partial charge on any atom is -0.489 e. The summed E-state index contributed by atoms with van der Waals surface area (Å²) in [5, 5.41) is 0. The smallest absolute Gasteiger partial charge is 0.119 e. The van der Waals surface area contributed by atoms with Crippen LogP contribution in [0, 0.1) is 0 Å². The van der Waals surface area contributed by atoms with Crippen molar-refractivity contribution in [3.8, 4) is 11.5 Å². The van der Waals surface area contributed by atoms with Crippen molar-refractivity contribution in [1.29, 1.82) is 0 Å². The summed E-state index contributed by atoms with van der Waals surface area (Å²) in [5.74, 6) is 1.61. The van der Waals surface area contributed by atoms with E-state index < -0.39 is 0 Å². The minimum absolute atomic E-state index is 0.325. The SMILES string of the molecule is N[C@H](c1ccc(OCc2ccccc2)cc1)[C@H](N)c1ccc(OCc2ccccc2)cc1. The maximum Gasteiger partial charge on any atom is 0.119 e. The van der Waals surface area contributed by atoms with E-state index in [1.165, 1.54) is 0 Å². The maximum absolute atomic E-state index is 6.46. The highest BCUT2D eigenvalue weighted by Gasteiger charge is 2.17. The maximum atomic E-state index is 6.46. The molecule has 0 bridgehead atoms. The molecule has 4 N–H and O–H groups in total. The summed E-state index contributed by atoms with van der Waals surface area (Å²) in [6.45, 7) is 1.06. The highest BCUT2D eigenvalue weighted by molar-refractivity contribution is 5.34. The number of ether oxygens (including phenoxy) is 2. The summed E-state index contributed by atoms with van der Waals surface area (Å²) in [6.07, 6.45) is 0. The molecule has 4 aromatic rings. The summed E-state index contributed by atoms with van der Waals surface area (Å²) in [6, 6.07) is 35.2. The van der Waals surface area contributed by atoms with Gasteiger partial charge in [0.15, 0.2) is 0 Å². The van der Waals surface area contributed by atoms with Crippen molar-refractivity contribution in [2.75, 3.05) is 0 Å². The molecule has 32 heavy (non-hydrogen) atoms. The minimum atomic E-state index is -0.325. The lowest BCUT2D eigenvalue weighted by molar-refractivity contribution is 0.306. The van der Waals surface area contributed by atoms with Crippen LogP contribution in [-0.2, 0) is 13.2 Å². The van der Waals surface area contributed by atoms with Gasteiger partial charge in [-0.05, 0) is 46.5 Å². The molecule has 0 saturated carbocycles. The van der Waals surface area contributed by atoms with Crippen LogP contribution in [0.5, 0.6) is 11.5 Å². The Kier molecular flexibility index (Phi) is 7.18. The average Bonchev–Trinajstić information content (AvgIpc) is 2.87. The van der Waals surface area contributed by atoms with E-state index >= 15 is 0 Å². The van der Waals surface area contributed by atoms with Crippen LogP contribution < -0.4 is 20.9 Å². The van der Waals surface area contributed by atoms with Gasteiger partial charge in [-0.25, -0.2) is 0 Å². The second-order valence-corrected chi connectivity index (χ2v) is 7.74. The second kappa shape index (κ2) is 10.6. The summed E-state index contributed by atoms with van der Waals surface area (Å²) >= 11 is 0. The van der Waals surface area contributed by atoms with Crippen LogP contribution in [0.4, 0.5) is 0 Å². The van der Waals surface area contributed by atoms with Crippen LogP contribution in [-0.4, -0.2) is 0 Å². The molecule has 4 nitrogen and oxygen atoms in total. The van der Waals surface area contributed by atoms with Crippen molar-refractivity contribution in [3.63, 3.8) is 0 Å². The molecule has 0 aliphatic rings. The van der Waals surface area contributed by atoms with Gasteiger partial charge in [-0.1, -0.05) is 84.9 Å². The zero-order chi connectivity index (χ0) is 22.2. The first kappa shape index (κ1) is 21.6. The van der Waals surface area contributed by atoms with Crippen molar-refractivity contribution in [3.05, 3.63) is 131 Å². The van der Waals surface area contributed by atoms with Crippen LogP contribution in [0.3, 0.4) is 0 Å². The zero-order valence-corrected chi connectivity index (χ0v) is 17.9. The Hall–Kier alpha value is -3.60. The van der Waals surface area contributed by atoms with E-state index in [1.54, 1.807) is 0 Å². The van der Waals surface area contributed by atoms with E-state index in [9.17, 15) is 0 Å². The molecule has 0 saturated heterocycles. The number of hydrogen-bond donors (Lipinski definition) is 2. The van der Waals surface area contributed by atoms with Crippen molar-refractivity contribution in [1.82, 2.24) is 0 Å². The highest BCUT2D eigenvalue weighted by atomic mass is 16.5. The fourth-order valence-electron chi connectivity index (χ4n) is 3.47. The fourth-order valence-corrected chi connectivity index (χ4v) is 3.47. The van der Waals surface area contributed by atoms with Gasteiger partial charge in [-0.15, -0.1) is 0 Å². The first-order chi connectivity index (χ1) is 15.7. The third kappa shape index (κ3) is 5.76. The molecule has 0 spiro atoms. The van der Waals surface area contributed by atoms with E-state index in [0.29, 0.717) is 13.2 Å². The second-order valence-electron chi connectivity index (χ2n) is 7.74. The van der Waals surface area contributed by atoms with Crippen molar-refractivity contribution in [2.24, 2.45) is 11.5 Å². The Morgan fingerprint density at radius 2 is 0.812 bits per heavy atom. The van der Waals surface area contributed by atoms with E-state index in [1.807, 2.05) is 109 Å². The van der Waals surface area contributed by atoms with E-state index in [2.05, 4.69) is 0 Å². The van der Waals surface area contributed by atoms with Crippen LogP contribution in [0.2, 0.25) is 0 Å². The van der Waals surface area contributed by atoms with Crippen molar-refractivity contribution >= 4 is 0 Å². The van der Waals surface area contributed by atoms with Crippen molar-refractivity contribution in [2.45, 2.75) is 25.3 Å². The van der Waals surface area contributed by atoms with Gasteiger partial charge in [0.05, 0.1) is 0 Å². The predicted octanol–water partition coefficient (Wildman–Crippen LogP) is 5.54. The number of rotatable bonds is 9. The molecular formula is C28H28N2O2. The molecule has 4 rings (SSSR count). The van der Waals surface area contributed by atoms with Gasteiger partial charge in [0, 0.05) is 12.1 Å². The topological polar surface area (TPSA) is 70.5 Å². The molecule has 0 amide bonds. The van der Waals surface area contributed by atoms with Crippen molar-refractivity contribution < 1.29 is 9.47 Å². The monoisotopic (exact) mass is 424 g/mol. The molecule has 0 aromatic heterocycles. The molecule has 0 fully saturated rings. The highest BCUT2D eigenvalue weighted by Crippen LogP contribution is 2.27. The molecule has 0 radical (unpaired) electrons. The van der Waals surface area contributed by atoms with Gasteiger partial charge in [0.2, 0.25) is 0 Å². The Balaban J connectivity index is 1.32. The lowest BCUT2D eigenvalue weighted by atomic mass is 9.95. The van der Waals surface area contributed by atoms with Gasteiger partial charge < -0.3 is 20.9 Å². The number of nitrogens with two attached hydrogens (primary N) is 2. The molecule has 0 aliphatic carbocycles. The molecule has 0 heterocycles. The Morgan fingerprint density at radius 1 is 0.469 bits per heavy atom. The van der Waals surface area contributed by atoms with Gasteiger partial charge >= 0.3 is 0 Å². The van der Waals surface area contributed by atoms with Gasteiger partial charge in [0.25, 0.3) is 0 Å². The largest absolute Gasteiger partial charge is 0.489 e. The molecule has 0 unspecified atom stereocenters. The Morgan fingerprint density at radius 3 is 1.16 bits per heavy atom. The van der Waals surface area contributed by atoms with Crippen LogP contribution in [0.15, 0.2) is 109 Å². The van der Waals surface area contributed by atoms with E-state index in [0.717, 1.165) is 33.8 Å². The van der Waals surface area contributed by atoms with E-state index in [-0.39, 0.29) is 12.1 Å². The third-order valence-electron chi connectivity index (χ3n) is 5.41. The normalized spacial score (nSPS) is 12.7. The Bertz CT molecular complexity index is 991. The zero-order valence-electron chi connectivity index (χ0n) is 17.9. The summed E-state index contributed by atoms with van der Waals surface area (Å²) in [7, 11) is 0. The molecule has 4 aromatic carbocycles. The molecule has 0 aliphatic heterocycles.